The van der Waals surface area contributed by atoms with Gasteiger partial charge in [0.1, 0.15) is 17.8 Å². The van der Waals surface area contributed by atoms with Crippen molar-refractivity contribution in [2.45, 2.75) is 89.8 Å². The number of nitrogens with one attached hydrogen (secondary N) is 1. The Labute approximate surface area is 216 Å². The van der Waals surface area contributed by atoms with Gasteiger partial charge in [0.15, 0.2) is 0 Å². The van der Waals surface area contributed by atoms with E-state index in [1.807, 2.05) is 25.4 Å². The molecular weight excluding hydrogens is 448 g/mol. The number of benzene rings is 1. The van der Waals surface area contributed by atoms with Crippen LogP contribution in [0.2, 0.25) is 0 Å². The van der Waals surface area contributed by atoms with Crippen LogP contribution in [0.4, 0.5) is 5.82 Å². The molecule has 3 N–H and O–H groups in total. The largest absolute Gasteiger partial charge is 0.508 e. The number of hydrogen-bond donors (Lipinski definition) is 3. The van der Waals surface area contributed by atoms with Gasteiger partial charge in [0.05, 0.1) is 0 Å². The van der Waals surface area contributed by atoms with Crippen LogP contribution in [0.5, 0.6) is 5.75 Å². The Hall–Kier alpha value is -2.44. The maximum atomic E-state index is 11.0. The monoisotopic (exact) mass is 492 g/mol. The minimum Gasteiger partial charge on any atom is -0.508 e. The van der Waals surface area contributed by atoms with Crippen LogP contribution in [0, 0.1) is 12.8 Å². The molecule has 1 saturated carbocycles. The summed E-state index contributed by atoms with van der Waals surface area (Å²) in [6.45, 7) is 4.00. The average molecular weight is 493 g/mol. The number of aliphatic imine (C=N–C) groups is 1. The molecule has 0 bridgehead atoms. The molecule has 2 heterocycles. The van der Waals surface area contributed by atoms with Crippen LogP contribution in [0.15, 0.2) is 41.5 Å². The number of phenolic OH excluding ortho intramolecular Hbond substituents is 1. The number of aliphatic hydroxyl groups is 1. The summed E-state index contributed by atoms with van der Waals surface area (Å²) in [5.41, 5.74) is 4.53. The normalized spacial score (nSPS) is 19.4. The molecule has 0 radical (unpaired) electrons. The highest BCUT2D eigenvalue weighted by Crippen LogP contribution is 2.28. The first-order chi connectivity index (χ1) is 17.5. The smallest absolute Gasteiger partial charge is 0.135 e. The van der Waals surface area contributed by atoms with Gasteiger partial charge in [-0.25, -0.2) is 4.98 Å². The number of nitrogens with zero attached hydrogens (tertiary/aromatic N) is 3. The minimum absolute atomic E-state index is 0.346. The first kappa shape index (κ1) is 26.6. The lowest BCUT2D eigenvalue weighted by atomic mass is 9.90. The molecule has 1 aromatic heterocycles. The molecule has 6 nitrogen and oxygen atoms in total. The summed E-state index contributed by atoms with van der Waals surface area (Å²) in [4.78, 5) is 11.6. The fourth-order valence-corrected chi connectivity index (χ4v) is 5.89. The molecular formula is C30H44N4O2. The maximum absolute atomic E-state index is 11.0. The van der Waals surface area contributed by atoms with Gasteiger partial charge in [-0.1, -0.05) is 31.4 Å². The van der Waals surface area contributed by atoms with Crippen LogP contribution < -0.4 is 5.32 Å². The predicted molar refractivity (Wildman–Crippen MR) is 148 cm³/mol. The molecule has 1 aromatic carbocycles. The zero-order valence-electron chi connectivity index (χ0n) is 22.1. The number of anilines is 1. The van der Waals surface area contributed by atoms with Crippen LogP contribution in [0.3, 0.4) is 0 Å². The van der Waals surface area contributed by atoms with E-state index in [4.69, 9.17) is 4.98 Å². The number of aryl methyl sites for hydroxylation is 2. The van der Waals surface area contributed by atoms with Crippen molar-refractivity contribution in [2.24, 2.45) is 10.9 Å². The Balaban J connectivity index is 1.27. The number of aromatic nitrogens is 1. The summed E-state index contributed by atoms with van der Waals surface area (Å²) < 4.78 is 0. The van der Waals surface area contributed by atoms with Crippen molar-refractivity contribution in [2.75, 3.05) is 25.5 Å². The second-order valence-corrected chi connectivity index (χ2v) is 10.7. The predicted octanol–water partition coefficient (Wildman–Crippen LogP) is 5.70. The summed E-state index contributed by atoms with van der Waals surface area (Å²) >= 11 is 0. The number of piperidine rings is 1. The fourth-order valence-electron chi connectivity index (χ4n) is 5.89. The molecule has 1 unspecified atom stereocenters. The number of hydrogen-bond acceptors (Lipinski definition) is 6. The second-order valence-electron chi connectivity index (χ2n) is 10.7. The highest BCUT2D eigenvalue weighted by Gasteiger charge is 2.25. The van der Waals surface area contributed by atoms with E-state index in [-0.39, 0.29) is 0 Å². The van der Waals surface area contributed by atoms with Gasteiger partial charge >= 0.3 is 0 Å². The van der Waals surface area contributed by atoms with Crippen molar-refractivity contribution in [3.05, 3.63) is 53.2 Å². The van der Waals surface area contributed by atoms with Crippen molar-refractivity contribution in [1.29, 1.82) is 0 Å². The molecule has 2 aromatic rings. The van der Waals surface area contributed by atoms with Crippen molar-refractivity contribution in [3.63, 3.8) is 0 Å². The third-order valence-corrected chi connectivity index (χ3v) is 8.13. The fraction of sp³-hybridized carbons (Fsp3) is 0.600. The summed E-state index contributed by atoms with van der Waals surface area (Å²) in [7, 11) is 1.86. The van der Waals surface area contributed by atoms with Gasteiger partial charge in [0.25, 0.3) is 0 Å². The number of aromatic hydroxyl groups is 1. The zero-order valence-corrected chi connectivity index (χ0v) is 22.1. The van der Waals surface area contributed by atoms with E-state index in [0.29, 0.717) is 24.1 Å². The average Bonchev–Trinajstić information content (AvgIpc) is 2.90. The Morgan fingerprint density at radius 3 is 2.64 bits per heavy atom. The quantitative estimate of drug-likeness (QED) is 0.371. The maximum Gasteiger partial charge on any atom is 0.135 e. The van der Waals surface area contributed by atoms with Crippen molar-refractivity contribution in [1.82, 2.24) is 9.88 Å². The van der Waals surface area contributed by atoms with Gasteiger partial charge in [-0.05, 0) is 93.5 Å². The lowest BCUT2D eigenvalue weighted by Crippen LogP contribution is -2.41. The van der Waals surface area contributed by atoms with Crippen molar-refractivity contribution in [3.8, 4) is 5.75 Å². The molecule has 2 aliphatic rings. The van der Waals surface area contributed by atoms with Gasteiger partial charge in [0.2, 0.25) is 0 Å². The number of likely N-dealkylation sites (tertiary alicyclic amines) is 1. The first-order valence-electron chi connectivity index (χ1n) is 13.9. The topological polar surface area (TPSA) is 81.0 Å². The van der Waals surface area contributed by atoms with E-state index in [0.717, 1.165) is 62.3 Å². The molecule has 4 rings (SSSR count). The molecule has 1 aliphatic heterocycles. The van der Waals surface area contributed by atoms with Gasteiger partial charge in [0, 0.05) is 43.7 Å². The van der Waals surface area contributed by atoms with Crippen LogP contribution in [-0.2, 0) is 6.42 Å². The number of aliphatic hydroxyl groups excluding tert-OH is 1. The molecule has 1 atom stereocenters. The molecule has 36 heavy (non-hydrogen) atoms. The minimum atomic E-state index is -0.444. The summed E-state index contributed by atoms with van der Waals surface area (Å²) in [6.07, 6.45) is 13.5. The number of pyridine rings is 1. The Morgan fingerprint density at radius 2 is 1.92 bits per heavy atom. The summed E-state index contributed by atoms with van der Waals surface area (Å²) in [6, 6.07) is 10.1. The van der Waals surface area contributed by atoms with Crippen LogP contribution in [0.25, 0.3) is 0 Å². The second kappa shape index (κ2) is 13.2. The van der Waals surface area contributed by atoms with E-state index in [1.54, 1.807) is 6.07 Å². The Morgan fingerprint density at radius 1 is 1.14 bits per heavy atom. The molecule has 1 saturated heterocycles. The summed E-state index contributed by atoms with van der Waals surface area (Å²) in [5, 5.41) is 24.4. The van der Waals surface area contributed by atoms with Crippen LogP contribution >= 0.6 is 0 Å². The van der Waals surface area contributed by atoms with Gasteiger partial charge in [-0.3, -0.25) is 9.89 Å². The van der Waals surface area contributed by atoms with E-state index < -0.39 is 6.23 Å². The van der Waals surface area contributed by atoms with Crippen LogP contribution in [0.1, 0.15) is 80.9 Å². The molecule has 1 aliphatic carbocycles. The Kier molecular flexibility index (Phi) is 9.76. The lowest BCUT2D eigenvalue weighted by Gasteiger charge is -2.35. The van der Waals surface area contributed by atoms with E-state index in [1.165, 1.54) is 43.2 Å². The van der Waals surface area contributed by atoms with Crippen LogP contribution in [-0.4, -0.2) is 58.2 Å². The molecule has 0 amide bonds. The SMILES string of the molecule is CN=C(CCC(O)N1CCC(CCc2cccc(O)c2)CC1)c1c(C)ccnc1NC1CCCCC1. The van der Waals surface area contributed by atoms with Gasteiger partial charge in [-0.2, -0.15) is 0 Å². The third-order valence-electron chi connectivity index (χ3n) is 8.13. The highest BCUT2D eigenvalue weighted by molar-refractivity contribution is 6.05. The lowest BCUT2D eigenvalue weighted by molar-refractivity contribution is -0.0211. The zero-order chi connectivity index (χ0) is 25.3. The summed E-state index contributed by atoms with van der Waals surface area (Å²) in [5.74, 6) is 1.97. The molecule has 6 heteroatoms. The van der Waals surface area contributed by atoms with Gasteiger partial charge < -0.3 is 15.5 Å². The van der Waals surface area contributed by atoms with E-state index in [9.17, 15) is 10.2 Å². The van der Waals surface area contributed by atoms with Crippen molar-refractivity contribution >= 4 is 11.5 Å². The molecule has 196 valence electrons. The standard InChI is InChI=1S/C30H44N4O2/c1-22-15-18-32-30(33-25-8-4-3-5-9-25)29(22)27(31-2)13-14-28(36)34-19-16-23(17-20-34)11-12-24-7-6-10-26(35)21-24/h6-7,10,15,18,21,23,25,28,35-36H,3-5,8-9,11-14,16-17,19-20H2,1-2H3,(H,32,33). The number of phenols is 1. The first-order valence-corrected chi connectivity index (χ1v) is 13.9. The van der Waals surface area contributed by atoms with E-state index >= 15 is 0 Å². The molecule has 0 spiro atoms. The third kappa shape index (κ3) is 7.30. The number of rotatable bonds is 10. The highest BCUT2D eigenvalue weighted by atomic mass is 16.3. The Bertz CT molecular complexity index is 994. The molecule has 2 fully saturated rings. The van der Waals surface area contributed by atoms with Crippen molar-refractivity contribution < 1.29 is 10.2 Å². The van der Waals surface area contributed by atoms with E-state index in [2.05, 4.69) is 34.3 Å². The van der Waals surface area contributed by atoms with Gasteiger partial charge in [-0.15, -0.1) is 0 Å².